The Hall–Kier alpha value is -0.260. The number of hydrogen-bond donors (Lipinski definition) is 0. The second-order valence-corrected chi connectivity index (χ2v) is 4.60. The lowest BCUT2D eigenvalue weighted by atomic mass is 9.76. The minimum absolute atomic E-state index is 0.942. The summed E-state index contributed by atoms with van der Waals surface area (Å²) >= 11 is 0. The SMILES string of the molecule is CC1CC(C=CC2CC2C)C1. The maximum absolute atomic E-state index is 2.47. The van der Waals surface area contributed by atoms with E-state index < -0.39 is 0 Å². The second kappa shape index (κ2) is 2.66. The lowest BCUT2D eigenvalue weighted by Crippen LogP contribution is -2.18. The van der Waals surface area contributed by atoms with Crippen molar-refractivity contribution in [2.45, 2.75) is 33.1 Å². The number of hydrogen-bond acceptors (Lipinski definition) is 0. The van der Waals surface area contributed by atoms with Gasteiger partial charge in [-0.2, -0.15) is 0 Å². The molecule has 11 heavy (non-hydrogen) atoms. The summed E-state index contributed by atoms with van der Waals surface area (Å²) in [4.78, 5) is 0. The van der Waals surface area contributed by atoms with Crippen molar-refractivity contribution in [3.8, 4) is 0 Å². The van der Waals surface area contributed by atoms with Crippen molar-refractivity contribution in [3.05, 3.63) is 12.2 Å². The van der Waals surface area contributed by atoms with E-state index in [0.29, 0.717) is 0 Å². The van der Waals surface area contributed by atoms with E-state index in [4.69, 9.17) is 0 Å². The van der Waals surface area contributed by atoms with Crippen LogP contribution in [0.1, 0.15) is 33.1 Å². The monoisotopic (exact) mass is 150 g/mol. The average Bonchev–Trinajstić information content (AvgIpc) is 2.57. The summed E-state index contributed by atoms with van der Waals surface area (Å²) in [5.74, 6) is 3.88. The van der Waals surface area contributed by atoms with Crippen molar-refractivity contribution >= 4 is 0 Å². The highest BCUT2D eigenvalue weighted by Crippen LogP contribution is 2.41. The van der Waals surface area contributed by atoms with Crippen LogP contribution >= 0.6 is 0 Å². The lowest BCUT2D eigenvalue weighted by molar-refractivity contribution is 0.262. The molecule has 0 heterocycles. The van der Waals surface area contributed by atoms with Crippen LogP contribution in [0.3, 0.4) is 0 Å². The minimum atomic E-state index is 0.942. The molecule has 0 aromatic heterocycles. The van der Waals surface area contributed by atoms with Gasteiger partial charge < -0.3 is 0 Å². The molecule has 2 aliphatic rings. The summed E-state index contributed by atoms with van der Waals surface area (Å²) in [7, 11) is 0. The quantitative estimate of drug-likeness (QED) is 0.530. The van der Waals surface area contributed by atoms with Gasteiger partial charge in [-0.15, -0.1) is 0 Å². The van der Waals surface area contributed by atoms with Crippen molar-refractivity contribution in [1.29, 1.82) is 0 Å². The topological polar surface area (TPSA) is 0 Å². The maximum atomic E-state index is 2.47. The molecule has 0 saturated heterocycles. The van der Waals surface area contributed by atoms with Gasteiger partial charge >= 0.3 is 0 Å². The fourth-order valence-corrected chi connectivity index (χ4v) is 2.04. The average molecular weight is 150 g/mol. The van der Waals surface area contributed by atoms with Crippen LogP contribution in [0.25, 0.3) is 0 Å². The molecule has 2 atom stereocenters. The van der Waals surface area contributed by atoms with Gasteiger partial charge in [0.1, 0.15) is 0 Å². The number of allylic oxidation sites excluding steroid dienone is 2. The van der Waals surface area contributed by atoms with Crippen LogP contribution in [0.4, 0.5) is 0 Å². The first-order valence-electron chi connectivity index (χ1n) is 4.94. The predicted molar refractivity (Wildman–Crippen MR) is 48.3 cm³/mol. The van der Waals surface area contributed by atoms with Gasteiger partial charge in [0, 0.05) is 0 Å². The highest BCUT2D eigenvalue weighted by atomic mass is 14.4. The van der Waals surface area contributed by atoms with Crippen LogP contribution in [0.5, 0.6) is 0 Å². The van der Waals surface area contributed by atoms with Gasteiger partial charge in [0.05, 0.1) is 0 Å². The van der Waals surface area contributed by atoms with Crippen molar-refractivity contribution in [2.24, 2.45) is 23.7 Å². The van der Waals surface area contributed by atoms with E-state index in [-0.39, 0.29) is 0 Å². The van der Waals surface area contributed by atoms with E-state index in [1.54, 1.807) is 0 Å². The van der Waals surface area contributed by atoms with Crippen LogP contribution in [0.2, 0.25) is 0 Å². The Morgan fingerprint density at radius 3 is 2.09 bits per heavy atom. The molecule has 2 aliphatic carbocycles. The molecule has 2 unspecified atom stereocenters. The Morgan fingerprint density at radius 1 is 1.00 bits per heavy atom. The Morgan fingerprint density at radius 2 is 1.64 bits per heavy atom. The molecule has 2 rings (SSSR count). The standard InChI is InChI=1S/C11H18/c1-8-5-10(6-8)3-4-11-7-9(11)2/h3-4,8-11H,5-7H2,1-2H3. The molecular formula is C11H18. The van der Waals surface area contributed by atoms with E-state index >= 15 is 0 Å². The van der Waals surface area contributed by atoms with Crippen LogP contribution < -0.4 is 0 Å². The summed E-state index contributed by atoms with van der Waals surface area (Å²) in [6, 6.07) is 0. The summed E-state index contributed by atoms with van der Waals surface area (Å²) in [6.07, 6.45) is 9.25. The first-order chi connectivity index (χ1) is 5.25. The zero-order valence-electron chi connectivity index (χ0n) is 7.59. The van der Waals surface area contributed by atoms with Gasteiger partial charge in [0.2, 0.25) is 0 Å². The molecule has 0 nitrogen and oxygen atoms in total. The summed E-state index contributed by atoms with van der Waals surface area (Å²) in [5.41, 5.74) is 0. The Labute approximate surface area is 69.7 Å². The Kier molecular flexibility index (Phi) is 1.78. The lowest BCUT2D eigenvalue weighted by Gasteiger charge is -2.30. The molecular weight excluding hydrogens is 132 g/mol. The third kappa shape index (κ3) is 1.66. The van der Waals surface area contributed by atoms with Gasteiger partial charge in [-0.1, -0.05) is 26.0 Å². The molecule has 2 saturated carbocycles. The van der Waals surface area contributed by atoms with E-state index in [9.17, 15) is 0 Å². The van der Waals surface area contributed by atoms with Gasteiger partial charge in [0.15, 0.2) is 0 Å². The fraction of sp³-hybridized carbons (Fsp3) is 0.818. The van der Waals surface area contributed by atoms with Crippen LogP contribution in [0, 0.1) is 23.7 Å². The first kappa shape index (κ1) is 7.39. The molecule has 0 bridgehead atoms. The van der Waals surface area contributed by atoms with Gasteiger partial charge in [0.25, 0.3) is 0 Å². The van der Waals surface area contributed by atoms with Gasteiger partial charge in [-0.05, 0) is 42.9 Å². The Bertz CT molecular complexity index is 163. The van der Waals surface area contributed by atoms with Crippen molar-refractivity contribution in [2.75, 3.05) is 0 Å². The van der Waals surface area contributed by atoms with E-state index in [1.165, 1.54) is 19.3 Å². The van der Waals surface area contributed by atoms with E-state index in [2.05, 4.69) is 26.0 Å². The molecule has 0 radical (unpaired) electrons. The molecule has 0 heteroatoms. The summed E-state index contributed by atoms with van der Waals surface area (Å²) in [6.45, 7) is 4.70. The van der Waals surface area contributed by atoms with E-state index in [1.807, 2.05) is 0 Å². The largest absolute Gasteiger partial charge is 0.0851 e. The molecule has 0 aromatic carbocycles. The molecule has 0 amide bonds. The van der Waals surface area contributed by atoms with Crippen molar-refractivity contribution in [1.82, 2.24) is 0 Å². The van der Waals surface area contributed by atoms with Gasteiger partial charge in [-0.25, -0.2) is 0 Å². The molecule has 0 aromatic rings. The molecule has 0 aliphatic heterocycles. The number of rotatable bonds is 2. The highest BCUT2D eigenvalue weighted by molar-refractivity contribution is 5.04. The third-order valence-electron chi connectivity index (χ3n) is 3.21. The maximum Gasteiger partial charge on any atom is -0.0205 e. The summed E-state index contributed by atoms with van der Waals surface area (Å²) in [5, 5.41) is 0. The van der Waals surface area contributed by atoms with Crippen LogP contribution in [-0.4, -0.2) is 0 Å². The third-order valence-corrected chi connectivity index (χ3v) is 3.21. The second-order valence-electron chi connectivity index (χ2n) is 4.60. The normalized spacial score (nSPS) is 49.3. The van der Waals surface area contributed by atoms with Gasteiger partial charge in [-0.3, -0.25) is 0 Å². The molecule has 2 fully saturated rings. The van der Waals surface area contributed by atoms with E-state index in [0.717, 1.165) is 23.7 Å². The first-order valence-corrected chi connectivity index (χ1v) is 4.94. The smallest absolute Gasteiger partial charge is 0.0205 e. The van der Waals surface area contributed by atoms with Crippen molar-refractivity contribution in [3.63, 3.8) is 0 Å². The highest BCUT2D eigenvalue weighted by Gasteiger charge is 2.30. The fourth-order valence-electron chi connectivity index (χ4n) is 2.04. The molecule has 0 N–H and O–H groups in total. The minimum Gasteiger partial charge on any atom is -0.0851 e. The van der Waals surface area contributed by atoms with Crippen molar-refractivity contribution < 1.29 is 0 Å². The zero-order valence-corrected chi connectivity index (χ0v) is 7.59. The predicted octanol–water partition coefficient (Wildman–Crippen LogP) is 3.24. The summed E-state index contributed by atoms with van der Waals surface area (Å²) < 4.78 is 0. The zero-order chi connectivity index (χ0) is 7.84. The molecule has 62 valence electrons. The van der Waals surface area contributed by atoms with Crippen LogP contribution in [0.15, 0.2) is 12.2 Å². The Balaban J connectivity index is 1.70. The van der Waals surface area contributed by atoms with Crippen LogP contribution in [-0.2, 0) is 0 Å². The molecule has 0 spiro atoms.